The molecule has 2 saturated heterocycles. The van der Waals surface area contributed by atoms with E-state index in [0.717, 1.165) is 65.2 Å². The van der Waals surface area contributed by atoms with Crippen LogP contribution in [0, 0.1) is 5.92 Å². The van der Waals surface area contributed by atoms with Crippen LogP contribution in [0.1, 0.15) is 30.9 Å². The Morgan fingerprint density at radius 3 is 2.44 bits per heavy atom. The van der Waals surface area contributed by atoms with Crippen molar-refractivity contribution < 1.29 is 9.84 Å². The molecule has 1 aromatic rings. The monoisotopic (exact) mass is 344 g/mol. The van der Waals surface area contributed by atoms with Crippen LogP contribution in [0.5, 0.6) is 0 Å². The highest BCUT2D eigenvalue weighted by molar-refractivity contribution is 5.50. The van der Waals surface area contributed by atoms with Gasteiger partial charge in [-0.2, -0.15) is 0 Å². The molecule has 0 spiro atoms. The molecule has 1 unspecified atom stereocenters. The van der Waals surface area contributed by atoms with E-state index in [4.69, 9.17) is 4.74 Å². The van der Waals surface area contributed by atoms with E-state index in [9.17, 15) is 5.11 Å². The SMILES string of the molecule is CCc1ccc(/C=C/C2CCN(C(O)CN3CCOCC3)CC2)cc1. The van der Waals surface area contributed by atoms with Crippen LogP contribution < -0.4 is 0 Å². The summed E-state index contributed by atoms with van der Waals surface area (Å²) in [6.45, 7) is 8.35. The maximum atomic E-state index is 10.5. The largest absolute Gasteiger partial charge is 0.379 e. The second-order valence-electron chi connectivity index (χ2n) is 7.22. The Balaban J connectivity index is 1.42. The molecule has 2 aliphatic heterocycles. The van der Waals surface area contributed by atoms with Crippen molar-refractivity contribution in [3.63, 3.8) is 0 Å². The molecule has 138 valence electrons. The number of piperidine rings is 1. The number of hydrogen-bond acceptors (Lipinski definition) is 4. The molecule has 1 aromatic carbocycles. The first kappa shape index (κ1) is 18.6. The van der Waals surface area contributed by atoms with Crippen LogP contribution in [0.2, 0.25) is 0 Å². The van der Waals surface area contributed by atoms with Gasteiger partial charge in [0.15, 0.2) is 0 Å². The zero-order valence-corrected chi connectivity index (χ0v) is 15.4. The predicted octanol–water partition coefficient (Wildman–Crippen LogP) is 2.62. The average molecular weight is 344 g/mol. The lowest BCUT2D eigenvalue weighted by atomic mass is 9.95. The van der Waals surface area contributed by atoms with Gasteiger partial charge in [0.05, 0.1) is 13.2 Å². The molecule has 25 heavy (non-hydrogen) atoms. The minimum atomic E-state index is -0.343. The van der Waals surface area contributed by atoms with E-state index in [1.165, 1.54) is 11.1 Å². The van der Waals surface area contributed by atoms with Crippen LogP contribution >= 0.6 is 0 Å². The molecule has 2 heterocycles. The van der Waals surface area contributed by atoms with E-state index in [1.54, 1.807) is 0 Å². The van der Waals surface area contributed by atoms with Crippen molar-refractivity contribution in [2.75, 3.05) is 45.9 Å². The molecule has 4 heteroatoms. The fourth-order valence-electron chi connectivity index (χ4n) is 3.65. The Morgan fingerprint density at radius 1 is 1.12 bits per heavy atom. The average Bonchev–Trinajstić information content (AvgIpc) is 2.68. The van der Waals surface area contributed by atoms with Gasteiger partial charge in [-0.3, -0.25) is 9.80 Å². The lowest BCUT2D eigenvalue weighted by Crippen LogP contribution is -2.49. The van der Waals surface area contributed by atoms with Crippen LogP contribution in [-0.2, 0) is 11.2 Å². The Labute approximate surface area is 152 Å². The van der Waals surface area contributed by atoms with E-state index >= 15 is 0 Å². The van der Waals surface area contributed by atoms with Crippen molar-refractivity contribution in [2.45, 2.75) is 32.4 Å². The summed E-state index contributed by atoms with van der Waals surface area (Å²) in [7, 11) is 0. The molecule has 3 rings (SSSR count). The maximum absolute atomic E-state index is 10.5. The lowest BCUT2D eigenvalue weighted by molar-refractivity contribution is -0.0533. The molecular weight excluding hydrogens is 312 g/mol. The number of aryl methyl sites for hydroxylation is 1. The number of rotatable bonds is 6. The Bertz CT molecular complexity index is 529. The van der Waals surface area contributed by atoms with Gasteiger partial charge < -0.3 is 9.84 Å². The number of likely N-dealkylation sites (tertiary alicyclic amines) is 1. The molecule has 4 nitrogen and oxygen atoms in total. The van der Waals surface area contributed by atoms with Gasteiger partial charge >= 0.3 is 0 Å². The van der Waals surface area contributed by atoms with Gasteiger partial charge in [0.25, 0.3) is 0 Å². The third kappa shape index (κ3) is 5.65. The standard InChI is InChI=1S/C21H32N2O2/c1-2-18-3-5-19(6-4-18)7-8-20-9-11-23(12-10-20)21(24)17-22-13-15-25-16-14-22/h3-8,20-21,24H,2,9-17H2,1H3/b8-7+. The maximum Gasteiger partial charge on any atom is 0.120 e. The Kier molecular flexibility index (Phi) is 7.05. The molecule has 0 saturated carbocycles. The van der Waals surface area contributed by atoms with Crippen molar-refractivity contribution in [3.8, 4) is 0 Å². The molecule has 1 N–H and O–H groups in total. The van der Waals surface area contributed by atoms with Gasteiger partial charge in [-0.15, -0.1) is 0 Å². The summed E-state index contributed by atoms with van der Waals surface area (Å²) >= 11 is 0. The van der Waals surface area contributed by atoms with Crippen LogP contribution in [0.25, 0.3) is 6.08 Å². The van der Waals surface area contributed by atoms with Crippen molar-refractivity contribution >= 4 is 6.08 Å². The Hall–Kier alpha value is -1.20. The smallest absolute Gasteiger partial charge is 0.120 e. The summed E-state index contributed by atoms with van der Waals surface area (Å²) in [5.41, 5.74) is 2.67. The molecule has 0 aromatic heterocycles. The highest BCUT2D eigenvalue weighted by Crippen LogP contribution is 2.21. The lowest BCUT2D eigenvalue weighted by Gasteiger charge is -2.37. The molecule has 2 aliphatic rings. The fourth-order valence-corrected chi connectivity index (χ4v) is 3.65. The molecular formula is C21H32N2O2. The minimum Gasteiger partial charge on any atom is -0.379 e. The minimum absolute atomic E-state index is 0.343. The number of ether oxygens (including phenoxy) is 1. The van der Waals surface area contributed by atoms with Crippen molar-refractivity contribution in [2.24, 2.45) is 5.92 Å². The highest BCUT2D eigenvalue weighted by atomic mass is 16.5. The highest BCUT2D eigenvalue weighted by Gasteiger charge is 2.24. The van der Waals surface area contributed by atoms with Crippen molar-refractivity contribution in [1.82, 2.24) is 9.80 Å². The summed E-state index contributed by atoms with van der Waals surface area (Å²) in [5, 5.41) is 10.5. The third-order valence-corrected chi connectivity index (χ3v) is 5.47. The van der Waals surface area contributed by atoms with E-state index in [0.29, 0.717) is 5.92 Å². The van der Waals surface area contributed by atoms with E-state index in [2.05, 4.69) is 53.1 Å². The molecule has 0 bridgehead atoms. The number of nitrogens with zero attached hydrogens (tertiary/aromatic N) is 2. The zero-order valence-electron chi connectivity index (χ0n) is 15.4. The van der Waals surface area contributed by atoms with Crippen molar-refractivity contribution in [1.29, 1.82) is 0 Å². The number of β-amino-alcohol motifs (C(OH)–C–C–N with tert-alkyl or cyclic N) is 1. The quantitative estimate of drug-likeness (QED) is 0.861. The number of hydrogen-bond donors (Lipinski definition) is 1. The van der Waals surface area contributed by atoms with Gasteiger partial charge in [0.1, 0.15) is 6.23 Å². The van der Waals surface area contributed by atoms with Gasteiger partial charge in [0.2, 0.25) is 0 Å². The predicted molar refractivity (Wildman–Crippen MR) is 102 cm³/mol. The molecule has 1 atom stereocenters. The van der Waals surface area contributed by atoms with Gasteiger partial charge in [0, 0.05) is 32.7 Å². The molecule has 2 fully saturated rings. The number of allylic oxidation sites excluding steroid dienone is 1. The number of morpholine rings is 1. The second kappa shape index (κ2) is 9.48. The summed E-state index contributed by atoms with van der Waals surface area (Å²) in [4.78, 5) is 4.54. The summed E-state index contributed by atoms with van der Waals surface area (Å²) in [5.74, 6) is 0.623. The summed E-state index contributed by atoms with van der Waals surface area (Å²) < 4.78 is 5.37. The second-order valence-corrected chi connectivity index (χ2v) is 7.22. The fraction of sp³-hybridized carbons (Fsp3) is 0.619. The normalized spacial score (nSPS) is 22.5. The van der Waals surface area contributed by atoms with Crippen LogP contribution in [0.15, 0.2) is 30.3 Å². The first-order chi connectivity index (χ1) is 12.2. The van der Waals surface area contributed by atoms with E-state index in [1.807, 2.05) is 0 Å². The van der Waals surface area contributed by atoms with Crippen LogP contribution in [0.3, 0.4) is 0 Å². The topological polar surface area (TPSA) is 35.9 Å². The molecule has 0 amide bonds. The summed E-state index contributed by atoms with van der Waals surface area (Å²) in [6.07, 6.45) is 7.61. The van der Waals surface area contributed by atoms with E-state index in [-0.39, 0.29) is 6.23 Å². The number of aliphatic hydroxyl groups is 1. The van der Waals surface area contributed by atoms with Crippen molar-refractivity contribution in [3.05, 3.63) is 41.5 Å². The molecule has 0 radical (unpaired) electrons. The van der Waals surface area contributed by atoms with Crippen LogP contribution in [0.4, 0.5) is 0 Å². The first-order valence-electron chi connectivity index (χ1n) is 9.74. The third-order valence-electron chi connectivity index (χ3n) is 5.47. The van der Waals surface area contributed by atoms with Crippen LogP contribution in [-0.4, -0.2) is 67.1 Å². The number of aliphatic hydroxyl groups excluding tert-OH is 1. The van der Waals surface area contributed by atoms with Gasteiger partial charge in [-0.05, 0) is 36.3 Å². The first-order valence-corrected chi connectivity index (χ1v) is 9.74. The molecule has 0 aliphatic carbocycles. The van der Waals surface area contributed by atoms with E-state index < -0.39 is 0 Å². The number of benzene rings is 1. The van der Waals surface area contributed by atoms with Gasteiger partial charge in [-0.25, -0.2) is 0 Å². The van der Waals surface area contributed by atoms with Gasteiger partial charge in [-0.1, -0.05) is 43.3 Å². The zero-order chi connectivity index (χ0) is 17.5. The Morgan fingerprint density at radius 2 is 1.80 bits per heavy atom. The summed E-state index contributed by atoms with van der Waals surface area (Å²) in [6, 6.07) is 8.83.